The van der Waals surface area contributed by atoms with E-state index in [-0.39, 0.29) is 18.2 Å². The Morgan fingerprint density at radius 1 is 1.08 bits per heavy atom. The van der Waals surface area contributed by atoms with Crippen LogP contribution in [0.25, 0.3) is 0 Å². The minimum absolute atomic E-state index is 0.248. The second kappa shape index (κ2) is 8.49. The monoisotopic (exact) mass is 390 g/mol. The van der Waals surface area contributed by atoms with Gasteiger partial charge in [-0.2, -0.15) is 0 Å². The quantitative estimate of drug-likeness (QED) is 0.770. The highest BCUT2D eigenvalue weighted by atomic mass is 79.9. The van der Waals surface area contributed by atoms with E-state index in [9.17, 15) is 9.59 Å². The molecule has 0 bridgehead atoms. The van der Waals surface area contributed by atoms with Gasteiger partial charge in [-0.25, -0.2) is 0 Å². The lowest BCUT2D eigenvalue weighted by Crippen LogP contribution is -2.41. The molecule has 0 aliphatic carbocycles. The summed E-state index contributed by atoms with van der Waals surface area (Å²) < 4.78 is 6.01. The Morgan fingerprint density at radius 3 is 2.42 bits per heavy atom. The Hall–Kier alpha value is -2.34. The van der Waals surface area contributed by atoms with Crippen molar-refractivity contribution in [3.8, 4) is 5.75 Å². The third kappa shape index (κ3) is 5.09. The van der Waals surface area contributed by atoms with E-state index in [1.165, 1.54) is 0 Å². The van der Waals surface area contributed by atoms with Gasteiger partial charge >= 0.3 is 0 Å². The molecule has 0 spiro atoms. The number of hydrogen-bond acceptors (Lipinski definition) is 3. The highest BCUT2D eigenvalue weighted by Gasteiger charge is 2.08. The molecule has 0 fully saturated rings. The zero-order chi connectivity index (χ0) is 17.5. The number of methoxy groups -OCH3 is 1. The van der Waals surface area contributed by atoms with E-state index in [1.54, 1.807) is 19.2 Å². The molecule has 0 radical (unpaired) electrons. The summed E-state index contributed by atoms with van der Waals surface area (Å²) in [6.45, 7) is 1.95. The fourth-order valence-corrected chi connectivity index (χ4v) is 2.68. The SMILES string of the molecule is COc1ccc(CCC(=O)NNC(=O)c2ccc(C)cc2)cc1Br. The second-order valence-electron chi connectivity index (χ2n) is 5.34. The van der Waals surface area contributed by atoms with E-state index in [1.807, 2.05) is 37.3 Å². The highest BCUT2D eigenvalue weighted by Crippen LogP contribution is 2.25. The van der Waals surface area contributed by atoms with Crippen LogP contribution in [-0.2, 0) is 11.2 Å². The maximum atomic E-state index is 11.9. The fourth-order valence-electron chi connectivity index (χ4n) is 2.09. The number of amides is 2. The molecule has 0 aliphatic heterocycles. The second-order valence-corrected chi connectivity index (χ2v) is 6.19. The van der Waals surface area contributed by atoms with Gasteiger partial charge in [0.25, 0.3) is 5.91 Å². The largest absolute Gasteiger partial charge is 0.496 e. The van der Waals surface area contributed by atoms with E-state index in [2.05, 4.69) is 26.8 Å². The highest BCUT2D eigenvalue weighted by molar-refractivity contribution is 9.10. The molecule has 0 aromatic heterocycles. The van der Waals surface area contributed by atoms with Gasteiger partial charge < -0.3 is 4.74 Å². The molecule has 2 aromatic carbocycles. The molecular formula is C18H19BrN2O3. The first-order valence-corrected chi connectivity index (χ1v) is 8.27. The molecule has 0 aliphatic rings. The molecule has 2 aromatic rings. The molecule has 0 heterocycles. The van der Waals surface area contributed by atoms with Crippen molar-refractivity contribution in [2.45, 2.75) is 19.8 Å². The number of ether oxygens (including phenoxy) is 1. The van der Waals surface area contributed by atoms with E-state index in [4.69, 9.17) is 4.74 Å². The van der Waals surface area contributed by atoms with Crippen LogP contribution in [0.4, 0.5) is 0 Å². The first-order valence-electron chi connectivity index (χ1n) is 7.48. The van der Waals surface area contributed by atoms with Crippen molar-refractivity contribution in [1.29, 1.82) is 0 Å². The molecular weight excluding hydrogens is 372 g/mol. The van der Waals surface area contributed by atoms with Crippen LogP contribution < -0.4 is 15.6 Å². The predicted octanol–water partition coefficient (Wildman–Crippen LogP) is 3.16. The number of carbonyl (C=O) groups excluding carboxylic acids is 2. The third-order valence-electron chi connectivity index (χ3n) is 3.49. The smallest absolute Gasteiger partial charge is 0.269 e. The van der Waals surface area contributed by atoms with Crippen LogP contribution in [0.5, 0.6) is 5.75 Å². The molecule has 24 heavy (non-hydrogen) atoms. The van der Waals surface area contributed by atoms with Crippen LogP contribution in [0, 0.1) is 6.92 Å². The summed E-state index contributed by atoms with van der Waals surface area (Å²) in [6.07, 6.45) is 0.835. The zero-order valence-corrected chi connectivity index (χ0v) is 15.1. The number of carbonyl (C=O) groups is 2. The number of rotatable bonds is 5. The summed E-state index contributed by atoms with van der Waals surface area (Å²) in [5.41, 5.74) is 7.42. The lowest BCUT2D eigenvalue weighted by atomic mass is 10.1. The predicted molar refractivity (Wildman–Crippen MR) is 95.8 cm³/mol. The molecule has 0 saturated carbocycles. The van der Waals surface area contributed by atoms with Crippen LogP contribution in [0.3, 0.4) is 0 Å². The Balaban J connectivity index is 1.80. The Bertz CT molecular complexity index is 730. The van der Waals surface area contributed by atoms with Crippen LogP contribution >= 0.6 is 15.9 Å². The molecule has 0 atom stereocenters. The normalized spacial score (nSPS) is 10.1. The summed E-state index contributed by atoms with van der Waals surface area (Å²) in [6, 6.07) is 12.8. The number of hydrazine groups is 1. The van der Waals surface area contributed by atoms with Crippen LogP contribution in [0.2, 0.25) is 0 Å². The van der Waals surface area contributed by atoms with Crippen molar-refractivity contribution in [2.24, 2.45) is 0 Å². The minimum atomic E-state index is -0.337. The van der Waals surface area contributed by atoms with E-state index >= 15 is 0 Å². The van der Waals surface area contributed by atoms with Gasteiger partial charge in [-0.1, -0.05) is 23.8 Å². The van der Waals surface area contributed by atoms with Crippen molar-refractivity contribution in [2.75, 3.05) is 7.11 Å². The number of hydrogen-bond donors (Lipinski definition) is 2. The average molecular weight is 391 g/mol. The molecule has 0 saturated heterocycles. The number of nitrogens with one attached hydrogen (secondary N) is 2. The summed E-state index contributed by atoms with van der Waals surface area (Å²) in [7, 11) is 1.60. The van der Waals surface area contributed by atoms with Crippen molar-refractivity contribution < 1.29 is 14.3 Å². The van der Waals surface area contributed by atoms with Crippen LogP contribution in [0.1, 0.15) is 27.9 Å². The van der Waals surface area contributed by atoms with Gasteiger partial charge in [-0.05, 0) is 59.1 Å². The first kappa shape index (κ1) is 18.0. The van der Waals surface area contributed by atoms with E-state index in [0.717, 1.165) is 21.3 Å². The topological polar surface area (TPSA) is 67.4 Å². The van der Waals surface area contributed by atoms with Crippen molar-refractivity contribution >= 4 is 27.7 Å². The average Bonchev–Trinajstić information content (AvgIpc) is 2.58. The number of halogens is 1. The molecule has 0 unspecified atom stereocenters. The maximum Gasteiger partial charge on any atom is 0.269 e. The summed E-state index contributed by atoms with van der Waals surface area (Å²) in [5, 5.41) is 0. The van der Waals surface area contributed by atoms with Gasteiger partial charge in [-0.3, -0.25) is 20.4 Å². The van der Waals surface area contributed by atoms with Gasteiger partial charge in [0.05, 0.1) is 11.6 Å². The van der Waals surface area contributed by atoms with Crippen LogP contribution in [0.15, 0.2) is 46.9 Å². The van der Waals surface area contributed by atoms with E-state index < -0.39 is 0 Å². The summed E-state index contributed by atoms with van der Waals surface area (Å²) in [5.74, 6) is 0.159. The van der Waals surface area contributed by atoms with Crippen molar-refractivity contribution in [3.63, 3.8) is 0 Å². The van der Waals surface area contributed by atoms with Gasteiger partial charge in [0.2, 0.25) is 5.91 Å². The number of aryl methyl sites for hydroxylation is 2. The van der Waals surface area contributed by atoms with Gasteiger partial charge in [0, 0.05) is 12.0 Å². The van der Waals surface area contributed by atoms with Crippen LogP contribution in [-0.4, -0.2) is 18.9 Å². The molecule has 2 rings (SSSR count). The Labute approximate surface area is 149 Å². The summed E-state index contributed by atoms with van der Waals surface area (Å²) in [4.78, 5) is 23.8. The fraction of sp³-hybridized carbons (Fsp3) is 0.222. The lowest BCUT2D eigenvalue weighted by Gasteiger charge is -2.09. The third-order valence-corrected chi connectivity index (χ3v) is 4.11. The molecule has 126 valence electrons. The standard InChI is InChI=1S/C18H19BrN2O3/c1-12-3-7-14(8-4-12)18(23)21-20-17(22)10-6-13-5-9-16(24-2)15(19)11-13/h3-5,7-9,11H,6,10H2,1-2H3,(H,20,22)(H,21,23). The lowest BCUT2D eigenvalue weighted by molar-refractivity contribution is -0.121. The van der Waals surface area contributed by atoms with Crippen molar-refractivity contribution in [1.82, 2.24) is 10.9 Å². The Morgan fingerprint density at radius 2 is 1.79 bits per heavy atom. The summed E-state index contributed by atoms with van der Waals surface area (Å²) >= 11 is 3.41. The molecule has 5 nitrogen and oxygen atoms in total. The van der Waals surface area contributed by atoms with E-state index in [0.29, 0.717) is 12.0 Å². The van der Waals surface area contributed by atoms with Gasteiger partial charge in [-0.15, -0.1) is 0 Å². The first-order chi connectivity index (χ1) is 11.5. The van der Waals surface area contributed by atoms with Gasteiger partial charge in [0.1, 0.15) is 5.75 Å². The Kier molecular flexibility index (Phi) is 6.37. The minimum Gasteiger partial charge on any atom is -0.496 e. The molecule has 2 N–H and O–H groups in total. The molecule has 2 amide bonds. The maximum absolute atomic E-state index is 11.9. The van der Waals surface area contributed by atoms with Crippen molar-refractivity contribution in [3.05, 3.63) is 63.6 Å². The van der Waals surface area contributed by atoms with Gasteiger partial charge in [0.15, 0.2) is 0 Å². The molecule has 6 heteroatoms. The number of benzene rings is 2. The zero-order valence-electron chi connectivity index (χ0n) is 13.6.